The number of nitrogens with zero attached hydrogens (tertiary/aromatic N) is 3. The number of Topliss-reactive ketones (excluding diaryl/α,β-unsaturated/α-hetero) is 1. The molecule has 0 radical (unpaired) electrons. The van der Waals surface area contributed by atoms with E-state index in [-0.39, 0.29) is 34.7 Å². The number of carbonyl (C=O) groups is 2. The third kappa shape index (κ3) is 6.16. The zero-order chi connectivity index (χ0) is 33.5. The van der Waals surface area contributed by atoms with Crippen LogP contribution in [0.5, 0.6) is 0 Å². The van der Waals surface area contributed by atoms with Crippen LogP contribution in [0.1, 0.15) is 51.1 Å². The first-order valence-electron chi connectivity index (χ1n) is 15.3. The van der Waals surface area contributed by atoms with Crippen molar-refractivity contribution in [3.8, 4) is 22.4 Å². The van der Waals surface area contributed by atoms with Gasteiger partial charge in [0.25, 0.3) is 5.91 Å². The second-order valence-electron chi connectivity index (χ2n) is 12.0. The summed E-state index contributed by atoms with van der Waals surface area (Å²) in [5.41, 5.74) is 4.79. The predicted octanol–water partition coefficient (Wildman–Crippen LogP) is 5.54. The molecular formula is C36H35FN4O5S. The fourth-order valence-corrected chi connectivity index (χ4v) is 7.13. The van der Waals surface area contributed by atoms with E-state index in [1.165, 1.54) is 42.0 Å². The first-order valence-corrected chi connectivity index (χ1v) is 17.1. The number of ketones is 1. The summed E-state index contributed by atoms with van der Waals surface area (Å²) in [7, 11) is -2.41. The number of amides is 1. The summed E-state index contributed by atoms with van der Waals surface area (Å²) in [4.78, 5) is 27.1. The van der Waals surface area contributed by atoms with Gasteiger partial charge in [0.15, 0.2) is 5.78 Å². The lowest BCUT2D eigenvalue weighted by Gasteiger charge is -2.25. The highest BCUT2D eigenvalue weighted by Crippen LogP contribution is 2.51. The smallest absolute Gasteiger partial charge is 0.255 e. The summed E-state index contributed by atoms with van der Waals surface area (Å²) < 4.78 is 42.5. The van der Waals surface area contributed by atoms with Gasteiger partial charge in [0.05, 0.1) is 42.4 Å². The Balaban J connectivity index is 1.55. The first-order chi connectivity index (χ1) is 22.5. The molecule has 242 valence electrons. The highest BCUT2D eigenvalue weighted by molar-refractivity contribution is 7.92. The molecule has 0 atom stereocenters. The number of aromatic nitrogens is 2. The maximum Gasteiger partial charge on any atom is 0.255 e. The van der Waals surface area contributed by atoms with Crippen molar-refractivity contribution in [3.63, 3.8) is 0 Å². The van der Waals surface area contributed by atoms with Crippen LogP contribution in [0.2, 0.25) is 0 Å². The average Bonchev–Trinajstić information content (AvgIpc) is 3.75. The fraction of sp³-hybridized carbons (Fsp3) is 0.250. The van der Waals surface area contributed by atoms with Gasteiger partial charge in [0.2, 0.25) is 10.0 Å². The summed E-state index contributed by atoms with van der Waals surface area (Å²) in [6, 6.07) is 22.6. The number of nitrogens with one attached hydrogen (secondary N) is 1. The Labute approximate surface area is 272 Å². The van der Waals surface area contributed by atoms with Crippen LogP contribution < -0.4 is 9.62 Å². The Morgan fingerprint density at radius 3 is 2.34 bits per heavy atom. The Hall–Kier alpha value is -4.87. The van der Waals surface area contributed by atoms with Gasteiger partial charge >= 0.3 is 0 Å². The van der Waals surface area contributed by atoms with E-state index in [0.717, 1.165) is 34.5 Å². The van der Waals surface area contributed by atoms with Gasteiger partial charge in [-0.3, -0.25) is 13.9 Å². The Kier molecular flexibility index (Phi) is 8.46. The number of aliphatic hydroxyl groups excluding tert-OH is 1. The molecule has 2 N–H and O–H groups in total. The molecule has 47 heavy (non-hydrogen) atoms. The molecule has 1 aliphatic carbocycles. The molecule has 6 rings (SSSR count). The van der Waals surface area contributed by atoms with Crippen LogP contribution in [0.25, 0.3) is 27.9 Å². The molecule has 9 nitrogen and oxygen atoms in total. The summed E-state index contributed by atoms with van der Waals surface area (Å²) in [5, 5.41) is 17.2. The van der Waals surface area contributed by atoms with Crippen LogP contribution >= 0.6 is 0 Å². The number of benzene rings is 3. The number of fused-ring (bicyclic) bond motifs is 1. The van der Waals surface area contributed by atoms with Gasteiger partial charge in [-0.25, -0.2) is 17.3 Å². The number of sulfonamides is 1. The average molecular weight is 655 g/mol. The molecule has 11 heteroatoms. The lowest BCUT2D eigenvalue weighted by Crippen LogP contribution is -2.33. The number of anilines is 1. The normalized spacial score (nSPS) is 13.8. The van der Waals surface area contributed by atoms with Crippen molar-refractivity contribution in [2.24, 2.45) is 0 Å². The number of aryl methyl sites for hydroxylation is 1. The molecule has 0 spiro atoms. The number of carbonyl (C=O) groups excluding carboxylic acids is 2. The molecule has 1 amide bonds. The molecule has 0 aliphatic heterocycles. The summed E-state index contributed by atoms with van der Waals surface area (Å²) in [6.45, 7) is 1.18. The van der Waals surface area contributed by atoms with E-state index in [4.69, 9.17) is 0 Å². The third-order valence-electron chi connectivity index (χ3n) is 8.88. The van der Waals surface area contributed by atoms with Crippen LogP contribution in [-0.2, 0) is 15.4 Å². The fourth-order valence-electron chi connectivity index (χ4n) is 6.21. The number of aliphatic hydroxyl groups is 1. The summed E-state index contributed by atoms with van der Waals surface area (Å²) in [5.74, 6) is -0.915. The van der Waals surface area contributed by atoms with Gasteiger partial charge in [0.1, 0.15) is 11.5 Å². The standard InChI is InChI=1S/C36H35FN4O5S/c1-23-9-10-25(32(43)21-36(15-16-36)26-7-5-4-6-8-26)19-28(23)29-20-30-33(35(44)38-2)34(24-11-13-27(37)14-12-24)39-40(30)22-31(29)41(17-18-42)47(3,45)46/h4-14,19-20,22,42H,15-18,21H2,1-3H3,(H,38,44). The van der Waals surface area contributed by atoms with E-state index in [9.17, 15) is 27.5 Å². The predicted molar refractivity (Wildman–Crippen MR) is 180 cm³/mol. The third-order valence-corrected chi connectivity index (χ3v) is 10.1. The van der Waals surface area contributed by atoms with E-state index in [1.807, 2.05) is 31.2 Å². The molecule has 0 saturated heterocycles. The van der Waals surface area contributed by atoms with Gasteiger partial charge in [-0.05, 0) is 72.9 Å². The molecule has 1 saturated carbocycles. The molecule has 0 unspecified atom stereocenters. The lowest BCUT2D eigenvalue weighted by atomic mass is 9.87. The minimum atomic E-state index is -3.90. The molecule has 5 aromatic rings. The van der Waals surface area contributed by atoms with Crippen molar-refractivity contribution < 1.29 is 27.5 Å². The minimum absolute atomic E-state index is 0.0282. The maximum atomic E-state index is 13.8. The van der Waals surface area contributed by atoms with E-state index >= 15 is 0 Å². The number of rotatable bonds is 11. The first kappa shape index (κ1) is 32.1. The summed E-state index contributed by atoms with van der Waals surface area (Å²) in [6.07, 6.45) is 4.74. The minimum Gasteiger partial charge on any atom is -0.394 e. The van der Waals surface area contributed by atoms with Crippen LogP contribution in [0, 0.1) is 12.7 Å². The number of halogens is 1. The maximum absolute atomic E-state index is 13.8. The molecular weight excluding hydrogens is 619 g/mol. The Morgan fingerprint density at radius 1 is 1.02 bits per heavy atom. The van der Waals surface area contributed by atoms with Crippen LogP contribution in [0.15, 0.2) is 85.1 Å². The van der Waals surface area contributed by atoms with Gasteiger partial charge in [0, 0.05) is 35.6 Å². The van der Waals surface area contributed by atoms with Gasteiger partial charge in [-0.15, -0.1) is 0 Å². The monoisotopic (exact) mass is 654 g/mol. The van der Waals surface area contributed by atoms with Crippen molar-refractivity contribution in [2.45, 2.75) is 31.6 Å². The van der Waals surface area contributed by atoms with E-state index < -0.39 is 28.4 Å². The quantitative estimate of drug-likeness (QED) is 0.181. The second kappa shape index (κ2) is 12.4. The van der Waals surface area contributed by atoms with Crippen LogP contribution in [0.4, 0.5) is 10.1 Å². The highest BCUT2D eigenvalue weighted by atomic mass is 32.2. The lowest BCUT2D eigenvalue weighted by molar-refractivity contribution is 0.0959. The molecule has 2 aromatic heterocycles. The molecule has 2 heterocycles. The van der Waals surface area contributed by atoms with Crippen molar-refractivity contribution in [1.29, 1.82) is 0 Å². The van der Waals surface area contributed by atoms with Crippen molar-refractivity contribution in [1.82, 2.24) is 14.9 Å². The molecule has 1 fully saturated rings. The SMILES string of the molecule is CNC(=O)c1c(-c2ccc(F)cc2)nn2cc(N(CCO)S(C)(=O)=O)c(-c3cc(C(=O)CC4(c5ccccc5)CC4)ccc3C)cc12. The van der Waals surface area contributed by atoms with Gasteiger partial charge < -0.3 is 10.4 Å². The topological polar surface area (TPSA) is 121 Å². The van der Waals surface area contributed by atoms with E-state index in [0.29, 0.717) is 34.2 Å². The van der Waals surface area contributed by atoms with Gasteiger partial charge in [-0.2, -0.15) is 5.10 Å². The Bertz CT molecular complexity index is 2110. The highest BCUT2D eigenvalue weighted by Gasteiger charge is 2.45. The summed E-state index contributed by atoms with van der Waals surface area (Å²) >= 11 is 0. The largest absolute Gasteiger partial charge is 0.394 e. The van der Waals surface area contributed by atoms with Crippen molar-refractivity contribution in [2.75, 3.05) is 30.8 Å². The molecule has 1 aliphatic rings. The van der Waals surface area contributed by atoms with Gasteiger partial charge in [-0.1, -0.05) is 42.5 Å². The van der Waals surface area contributed by atoms with E-state index in [2.05, 4.69) is 22.5 Å². The van der Waals surface area contributed by atoms with E-state index in [1.54, 1.807) is 18.2 Å². The number of pyridine rings is 1. The molecule has 3 aromatic carbocycles. The van der Waals surface area contributed by atoms with Crippen molar-refractivity contribution >= 4 is 32.9 Å². The second-order valence-corrected chi connectivity index (χ2v) is 14.0. The Morgan fingerprint density at radius 2 is 1.72 bits per heavy atom. The van der Waals surface area contributed by atoms with Crippen LogP contribution in [0.3, 0.4) is 0 Å². The number of hydrogen-bond donors (Lipinski definition) is 2. The van der Waals surface area contributed by atoms with Crippen LogP contribution in [-0.4, -0.2) is 61.3 Å². The molecule has 0 bridgehead atoms. The van der Waals surface area contributed by atoms with Crippen molar-refractivity contribution in [3.05, 3.63) is 113 Å². The zero-order valence-electron chi connectivity index (χ0n) is 26.3. The number of hydrogen-bond acceptors (Lipinski definition) is 6. The zero-order valence-corrected chi connectivity index (χ0v) is 27.1.